The first-order chi connectivity index (χ1) is 11.3. The monoisotopic (exact) mass is 347 g/mol. The summed E-state index contributed by atoms with van der Waals surface area (Å²) in [4.78, 5) is 16.1. The van der Waals surface area contributed by atoms with Gasteiger partial charge in [-0.2, -0.15) is 0 Å². The molecule has 128 valence electrons. The molecule has 0 aliphatic carbocycles. The summed E-state index contributed by atoms with van der Waals surface area (Å²) >= 11 is 0. The summed E-state index contributed by atoms with van der Waals surface area (Å²) in [5.41, 5.74) is 2.66. The fourth-order valence-electron chi connectivity index (χ4n) is 2.29. The average molecular weight is 347 g/mol. The van der Waals surface area contributed by atoms with Crippen molar-refractivity contribution in [1.82, 2.24) is 9.71 Å². The molecule has 2 N–H and O–H groups in total. The molecule has 0 aliphatic heterocycles. The second kappa shape index (κ2) is 7.55. The van der Waals surface area contributed by atoms with E-state index in [9.17, 15) is 13.2 Å². The van der Waals surface area contributed by atoms with Crippen molar-refractivity contribution in [3.8, 4) is 0 Å². The van der Waals surface area contributed by atoms with Crippen molar-refractivity contribution < 1.29 is 13.2 Å². The molecule has 0 saturated carbocycles. The molecule has 2 rings (SSSR count). The Morgan fingerprint density at radius 3 is 2.46 bits per heavy atom. The van der Waals surface area contributed by atoms with E-state index in [1.807, 2.05) is 26.0 Å². The van der Waals surface area contributed by atoms with Gasteiger partial charge in [0, 0.05) is 19.2 Å². The summed E-state index contributed by atoms with van der Waals surface area (Å²) in [5, 5.41) is 2.64. The summed E-state index contributed by atoms with van der Waals surface area (Å²) in [5.74, 6) is 0.161. The van der Waals surface area contributed by atoms with Crippen LogP contribution in [0, 0.1) is 20.8 Å². The summed E-state index contributed by atoms with van der Waals surface area (Å²) < 4.78 is 27.0. The van der Waals surface area contributed by atoms with Gasteiger partial charge in [-0.3, -0.25) is 4.79 Å². The van der Waals surface area contributed by atoms with Crippen LogP contribution in [0.25, 0.3) is 0 Å². The Hall–Kier alpha value is -2.25. The topological polar surface area (TPSA) is 88.2 Å². The smallest absolute Gasteiger partial charge is 0.240 e. The maximum absolute atomic E-state index is 12.3. The van der Waals surface area contributed by atoms with Gasteiger partial charge in [0.15, 0.2) is 0 Å². The number of hydrogen-bond acceptors (Lipinski definition) is 4. The molecule has 6 nitrogen and oxygen atoms in total. The summed E-state index contributed by atoms with van der Waals surface area (Å²) in [6.45, 7) is 5.57. The van der Waals surface area contributed by atoms with Gasteiger partial charge in [0.1, 0.15) is 5.82 Å². The van der Waals surface area contributed by atoms with Crippen molar-refractivity contribution in [3.05, 3.63) is 53.2 Å². The first kappa shape index (κ1) is 18.1. The number of nitrogens with zero attached hydrogens (tertiary/aromatic N) is 1. The number of aryl methyl sites for hydroxylation is 3. The van der Waals surface area contributed by atoms with E-state index < -0.39 is 10.0 Å². The molecular weight excluding hydrogens is 326 g/mol. The minimum atomic E-state index is -3.63. The normalized spacial score (nSPS) is 11.3. The highest BCUT2D eigenvalue weighted by Crippen LogP contribution is 2.16. The lowest BCUT2D eigenvalue weighted by Gasteiger charge is -2.10. The zero-order valence-electron chi connectivity index (χ0n) is 14.0. The fourth-order valence-corrected chi connectivity index (χ4v) is 3.54. The first-order valence-corrected chi connectivity index (χ1v) is 9.06. The number of sulfonamides is 1. The Labute approximate surface area is 142 Å². The number of pyridine rings is 1. The van der Waals surface area contributed by atoms with Crippen LogP contribution in [-0.4, -0.2) is 25.9 Å². The third-order valence-corrected chi connectivity index (χ3v) is 5.07. The largest absolute Gasteiger partial charge is 0.311 e. The Balaban J connectivity index is 1.92. The van der Waals surface area contributed by atoms with Gasteiger partial charge in [-0.05, 0) is 50.1 Å². The fraction of sp³-hybridized carbons (Fsp3) is 0.294. The number of benzene rings is 1. The van der Waals surface area contributed by atoms with Crippen LogP contribution in [0.1, 0.15) is 23.1 Å². The third-order valence-electron chi connectivity index (χ3n) is 3.45. The molecule has 24 heavy (non-hydrogen) atoms. The Kier molecular flexibility index (Phi) is 5.69. The van der Waals surface area contributed by atoms with Crippen molar-refractivity contribution in [2.75, 3.05) is 11.9 Å². The van der Waals surface area contributed by atoms with E-state index in [2.05, 4.69) is 15.0 Å². The van der Waals surface area contributed by atoms with E-state index in [1.54, 1.807) is 31.3 Å². The van der Waals surface area contributed by atoms with E-state index >= 15 is 0 Å². The number of aromatic nitrogens is 1. The van der Waals surface area contributed by atoms with Crippen LogP contribution in [-0.2, 0) is 14.8 Å². The zero-order valence-corrected chi connectivity index (χ0v) is 14.8. The van der Waals surface area contributed by atoms with Crippen molar-refractivity contribution in [2.45, 2.75) is 32.1 Å². The second-order valence-corrected chi connectivity index (χ2v) is 7.42. The van der Waals surface area contributed by atoms with Gasteiger partial charge in [-0.15, -0.1) is 0 Å². The number of hydrogen-bond donors (Lipinski definition) is 2. The van der Waals surface area contributed by atoms with E-state index in [4.69, 9.17) is 0 Å². The number of nitrogens with one attached hydrogen (secondary N) is 2. The molecule has 1 amide bonds. The van der Waals surface area contributed by atoms with Crippen molar-refractivity contribution in [2.24, 2.45) is 0 Å². The second-order valence-electron chi connectivity index (χ2n) is 5.68. The first-order valence-electron chi connectivity index (χ1n) is 7.57. The van der Waals surface area contributed by atoms with E-state index in [1.165, 1.54) is 0 Å². The van der Waals surface area contributed by atoms with Crippen LogP contribution < -0.4 is 10.0 Å². The van der Waals surface area contributed by atoms with Crippen LogP contribution in [0.3, 0.4) is 0 Å². The van der Waals surface area contributed by atoms with E-state index in [-0.39, 0.29) is 23.8 Å². The molecule has 0 fully saturated rings. The minimum Gasteiger partial charge on any atom is -0.311 e. The van der Waals surface area contributed by atoms with Gasteiger partial charge >= 0.3 is 0 Å². The van der Waals surface area contributed by atoms with Crippen molar-refractivity contribution >= 4 is 21.7 Å². The lowest BCUT2D eigenvalue weighted by molar-refractivity contribution is -0.116. The molecule has 0 aliphatic rings. The Bertz CT molecular complexity index is 848. The molecule has 0 spiro atoms. The van der Waals surface area contributed by atoms with Crippen LogP contribution in [0.5, 0.6) is 0 Å². The quantitative estimate of drug-likeness (QED) is 0.839. The average Bonchev–Trinajstić information content (AvgIpc) is 2.46. The summed E-state index contributed by atoms with van der Waals surface area (Å²) in [6, 6.07) is 8.71. The van der Waals surface area contributed by atoms with Gasteiger partial charge in [-0.1, -0.05) is 17.7 Å². The van der Waals surface area contributed by atoms with Gasteiger partial charge in [-0.25, -0.2) is 18.1 Å². The standard InChI is InChI=1S/C17H21N3O3S/c1-12-4-5-15(14(3)10-12)24(22,23)19-9-7-17(21)20-16-11-13(2)6-8-18-16/h4-6,8,10-11,19H,7,9H2,1-3H3,(H,18,20,21). The lowest BCUT2D eigenvalue weighted by Crippen LogP contribution is -2.28. The Morgan fingerprint density at radius 2 is 1.79 bits per heavy atom. The van der Waals surface area contributed by atoms with E-state index in [0.717, 1.165) is 11.1 Å². The molecule has 1 aromatic carbocycles. The zero-order chi connectivity index (χ0) is 17.7. The third kappa shape index (κ3) is 4.87. The molecular formula is C17H21N3O3S. The highest BCUT2D eigenvalue weighted by atomic mass is 32.2. The molecule has 1 heterocycles. The molecule has 0 saturated heterocycles. The van der Waals surface area contributed by atoms with Crippen LogP contribution >= 0.6 is 0 Å². The molecule has 0 radical (unpaired) electrons. The number of carbonyl (C=O) groups excluding carboxylic acids is 1. The number of anilines is 1. The van der Waals surface area contributed by atoms with Gasteiger partial charge in [0.25, 0.3) is 0 Å². The number of rotatable bonds is 6. The molecule has 1 aromatic heterocycles. The summed E-state index contributed by atoms with van der Waals surface area (Å²) in [7, 11) is -3.63. The van der Waals surface area contributed by atoms with Crippen molar-refractivity contribution in [1.29, 1.82) is 0 Å². The molecule has 7 heteroatoms. The highest BCUT2D eigenvalue weighted by Gasteiger charge is 2.16. The predicted molar refractivity (Wildman–Crippen MR) is 93.3 cm³/mol. The van der Waals surface area contributed by atoms with Gasteiger partial charge in [0.2, 0.25) is 15.9 Å². The SMILES string of the molecule is Cc1ccnc(NC(=O)CCNS(=O)(=O)c2ccc(C)cc2C)c1. The highest BCUT2D eigenvalue weighted by molar-refractivity contribution is 7.89. The maximum atomic E-state index is 12.3. The predicted octanol–water partition coefficient (Wildman–Crippen LogP) is 2.31. The number of amides is 1. The van der Waals surface area contributed by atoms with E-state index in [0.29, 0.717) is 11.4 Å². The van der Waals surface area contributed by atoms with Gasteiger partial charge < -0.3 is 5.32 Å². The molecule has 0 unspecified atom stereocenters. The summed E-state index contributed by atoms with van der Waals surface area (Å²) in [6.07, 6.45) is 1.63. The molecule has 2 aromatic rings. The molecule has 0 bridgehead atoms. The lowest BCUT2D eigenvalue weighted by atomic mass is 10.2. The maximum Gasteiger partial charge on any atom is 0.240 e. The minimum absolute atomic E-state index is 0.0211. The van der Waals surface area contributed by atoms with Gasteiger partial charge in [0.05, 0.1) is 4.90 Å². The Morgan fingerprint density at radius 1 is 1.08 bits per heavy atom. The number of carbonyl (C=O) groups is 1. The molecule has 0 atom stereocenters. The van der Waals surface area contributed by atoms with Crippen LogP contribution in [0.4, 0.5) is 5.82 Å². The van der Waals surface area contributed by atoms with Crippen LogP contribution in [0.2, 0.25) is 0 Å². The van der Waals surface area contributed by atoms with Crippen LogP contribution in [0.15, 0.2) is 41.4 Å². The van der Waals surface area contributed by atoms with Crippen molar-refractivity contribution in [3.63, 3.8) is 0 Å².